The number of hydrogen-bond acceptors (Lipinski definition) is 2. The van der Waals surface area contributed by atoms with Crippen molar-refractivity contribution in [2.24, 2.45) is 0 Å². The summed E-state index contributed by atoms with van der Waals surface area (Å²) in [5, 5.41) is 0. The Kier molecular flexibility index (Phi) is 4.70. The van der Waals surface area contributed by atoms with E-state index in [4.69, 9.17) is 11.6 Å². The number of sulfonamides is 1. The summed E-state index contributed by atoms with van der Waals surface area (Å²) in [6.45, 7) is 0. The highest BCUT2D eigenvalue weighted by atomic mass is 127. The second-order valence-electron chi connectivity index (χ2n) is 3.85. The average molecular weight is 408 g/mol. The van der Waals surface area contributed by atoms with Crippen LogP contribution in [-0.2, 0) is 15.9 Å². The van der Waals surface area contributed by atoms with Gasteiger partial charge < -0.3 is 0 Å². The Morgan fingerprint density at radius 3 is 2.32 bits per heavy atom. The number of alkyl halides is 1. The molecule has 6 heteroatoms. The zero-order chi connectivity index (χ0) is 13.9. The predicted octanol–water partition coefficient (Wildman–Crippen LogP) is 3.83. The predicted molar refractivity (Wildman–Crippen MR) is 86.0 cm³/mol. The van der Waals surface area contributed by atoms with Gasteiger partial charge in [-0.05, 0) is 58.5 Å². The van der Waals surface area contributed by atoms with Gasteiger partial charge in [-0.1, -0.05) is 18.2 Å². The van der Waals surface area contributed by atoms with Crippen LogP contribution in [0.5, 0.6) is 0 Å². The maximum atomic E-state index is 12.3. The van der Waals surface area contributed by atoms with Crippen molar-refractivity contribution < 1.29 is 8.42 Å². The first kappa shape index (κ1) is 14.6. The molecule has 0 fully saturated rings. The minimum atomic E-state index is -3.61. The van der Waals surface area contributed by atoms with E-state index in [1.54, 1.807) is 36.4 Å². The van der Waals surface area contributed by atoms with Crippen LogP contribution in [0, 0.1) is 3.57 Å². The number of rotatable bonds is 4. The normalized spacial score (nSPS) is 11.3. The van der Waals surface area contributed by atoms with E-state index in [9.17, 15) is 8.42 Å². The molecule has 2 aromatic carbocycles. The van der Waals surface area contributed by atoms with E-state index in [2.05, 4.69) is 27.3 Å². The first-order valence-corrected chi connectivity index (χ1v) is 8.55. The lowest BCUT2D eigenvalue weighted by molar-refractivity contribution is 0.600. The maximum Gasteiger partial charge on any atom is 0.262 e. The fourth-order valence-corrected chi connectivity index (χ4v) is 3.58. The monoisotopic (exact) mass is 407 g/mol. The van der Waals surface area contributed by atoms with Crippen molar-refractivity contribution in [2.75, 3.05) is 4.72 Å². The standard InChI is InChI=1S/C13H11ClINO2S/c14-9-10-3-1-2-4-13(10)19(17,18)16-12-7-5-11(15)6-8-12/h1-8,16H,9H2. The largest absolute Gasteiger partial charge is 0.280 e. The Hall–Kier alpha value is -0.790. The topological polar surface area (TPSA) is 46.2 Å². The van der Waals surface area contributed by atoms with E-state index in [0.29, 0.717) is 11.3 Å². The molecule has 0 aliphatic carbocycles. The first-order chi connectivity index (χ1) is 9.03. The van der Waals surface area contributed by atoms with Gasteiger partial charge in [-0.25, -0.2) is 8.42 Å². The summed E-state index contributed by atoms with van der Waals surface area (Å²) < 4.78 is 28.2. The highest BCUT2D eigenvalue weighted by Gasteiger charge is 2.17. The van der Waals surface area contributed by atoms with Gasteiger partial charge in [0.05, 0.1) is 4.90 Å². The van der Waals surface area contributed by atoms with Gasteiger partial charge in [-0.2, -0.15) is 0 Å². The minimum Gasteiger partial charge on any atom is -0.280 e. The molecule has 2 aromatic rings. The van der Waals surface area contributed by atoms with E-state index in [1.165, 1.54) is 0 Å². The molecule has 1 N–H and O–H groups in total. The van der Waals surface area contributed by atoms with Gasteiger partial charge in [-0.15, -0.1) is 11.6 Å². The van der Waals surface area contributed by atoms with Crippen LogP contribution in [0.4, 0.5) is 5.69 Å². The third kappa shape index (κ3) is 3.61. The van der Waals surface area contributed by atoms with Crippen LogP contribution in [-0.4, -0.2) is 8.42 Å². The number of nitrogens with one attached hydrogen (secondary N) is 1. The van der Waals surface area contributed by atoms with Gasteiger partial charge in [0.15, 0.2) is 0 Å². The summed E-state index contributed by atoms with van der Waals surface area (Å²) in [5.74, 6) is 0.157. The summed E-state index contributed by atoms with van der Waals surface area (Å²) in [6, 6.07) is 13.8. The smallest absolute Gasteiger partial charge is 0.262 e. The van der Waals surface area contributed by atoms with Crippen LogP contribution in [0.2, 0.25) is 0 Å². The Balaban J connectivity index is 2.35. The Morgan fingerprint density at radius 2 is 1.68 bits per heavy atom. The SMILES string of the molecule is O=S(=O)(Nc1ccc(I)cc1)c1ccccc1CCl. The molecule has 0 aliphatic rings. The van der Waals surface area contributed by atoms with Gasteiger partial charge in [0.1, 0.15) is 0 Å². The molecular weight excluding hydrogens is 397 g/mol. The van der Waals surface area contributed by atoms with Gasteiger partial charge in [0.25, 0.3) is 10.0 Å². The average Bonchev–Trinajstić information content (AvgIpc) is 2.41. The third-order valence-electron chi connectivity index (χ3n) is 2.50. The van der Waals surface area contributed by atoms with E-state index in [0.717, 1.165) is 3.57 Å². The van der Waals surface area contributed by atoms with Crippen molar-refractivity contribution in [3.05, 3.63) is 57.7 Å². The summed E-state index contributed by atoms with van der Waals surface area (Å²) in [7, 11) is -3.61. The second-order valence-corrected chi connectivity index (χ2v) is 7.02. The Labute approximate surface area is 131 Å². The van der Waals surface area contributed by atoms with Crippen molar-refractivity contribution >= 4 is 49.9 Å². The quantitative estimate of drug-likeness (QED) is 0.618. The van der Waals surface area contributed by atoms with Crippen molar-refractivity contribution in [3.63, 3.8) is 0 Å². The van der Waals surface area contributed by atoms with Crippen molar-refractivity contribution in [1.82, 2.24) is 0 Å². The molecule has 0 amide bonds. The molecule has 0 aliphatic heterocycles. The number of anilines is 1. The fraction of sp³-hybridized carbons (Fsp3) is 0.0769. The summed E-state index contributed by atoms with van der Waals surface area (Å²) in [5.41, 5.74) is 1.12. The lowest BCUT2D eigenvalue weighted by atomic mass is 10.2. The highest BCUT2D eigenvalue weighted by molar-refractivity contribution is 14.1. The second kappa shape index (κ2) is 6.11. The molecule has 0 aromatic heterocycles. The summed E-state index contributed by atoms with van der Waals surface area (Å²) >= 11 is 7.93. The van der Waals surface area contributed by atoms with Gasteiger partial charge in [-0.3, -0.25) is 4.72 Å². The Bertz CT molecular complexity index is 671. The molecule has 0 bridgehead atoms. The van der Waals surface area contributed by atoms with Crippen molar-refractivity contribution in [1.29, 1.82) is 0 Å². The lowest BCUT2D eigenvalue weighted by Gasteiger charge is -2.10. The molecule has 0 unspecified atom stereocenters. The van der Waals surface area contributed by atoms with Crippen LogP contribution in [0.1, 0.15) is 5.56 Å². The van der Waals surface area contributed by atoms with E-state index in [1.807, 2.05) is 12.1 Å². The lowest BCUT2D eigenvalue weighted by Crippen LogP contribution is -2.14. The van der Waals surface area contributed by atoms with E-state index < -0.39 is 10.0 Å². The molecule has 0 atom stereocenters. The van der Waals surface area contributed by atoms with E-state index >= 15 is 0 Å². The molecule has 0 spiro atoms. The molecule has 0 saturated heterocycles. The maximum absolute atomic E-state index is 12.3. The minimum absolute atomic E-state index is 0.157. The Morgan fingerprint density at radius 1 is 1.05 bits per heavy atom. The summed E-state index contributed by atoms with van der Waals surface area (Å²) in [6.07, 6.45) is 0. The fourth-order valence-electron chi connectivity index (χ4n) is 1.60. The molecule has 0 heterocycles. The van der Waals surface area contributed by atoms with Crippen LogP contribution in [0.25, 0.3) is 0 Å². The molecule has 0 saturated carbocycles. The van der Waals surface area contributed by atoms with Crippen molar-refractivity contribution in [3.8, 4) is 0 Å². The zero-order valence-electron chi connectivity index (χ0n) is 9.81. The van der Waals surface area contributed by atoms with Crippen LogP contribution in [0.3, 0.4) is 0 Å². The molecule has 100 valence electrons. The van der Waals surface area contributed by atoms with Crippen LogP contribution in [0.15, 0.2) is 53.4 Å². The molecular formula is C13H11ClINO2S. The summed E-state index contributed by atoms with van der Waals surface area (Å²) in [4.78, 5) is 0.212. The first-order valence-electron chi connectivity index (χ1n) is 5.45. The van der Waals surface area contributed by atoms with Gasteiger partial charge >= 0.3 is 0 Å². The van der Waals surface area contributed by atoms with E-state index in [-0.39, 0.29) is 10.8 Å². The third-order valence-corrected chi connectivity index (χ3v) is 4.99. The van der Waals surface area contributed by atoms with Crippen LogP contribution < -0.4 is 4.72 Å². The zero-order valence-corrected chi connectivity index (χ0v) is 13.5. The number of halogens is 2. The molecule has 3 nitrogen and oxygen atoms in total. The van der Waals surface area contributed by atoms with Gasteiger partial charge in [0, 0.05) is 15.1 Å². The van der Waals surface area contributed by atoms with Gasteiger partial charge in [0.2, 0.25) is 0 Å². The number of hydrogen-bond donors (Lipinski definition) is 1. The number of benzene rings is 2. The molecule has 19 heavy (non-hydrogen) atoms. The van der Waals surface area contributed by atoms with Crippen molar-refractivity contribution in [2.45, 2.75) is 10.8 Å². The van der Waals surface area contributed by atoms with Crippen LogP contribution >= 0.6 is 34.2 Å². The molecule has 0 radical (unpaired) electrons. The molecule has 2 rings (SSSR count). The highest BCUT2D eigenvalue weighted by Crippen LogP contribution is 2.21.